The summed E-state index contributed by atoms with van der Waals surface area (Å²) in [7, 11) is 0. The molecule has 1 amide bonds. The van der Waals surface area contributed by atoms with E-state index >= 15 is 8.78 Å². The number of hydrogen-bond acceptors (Lipinski definition) is 7. The summed E-state index contributed by atoms with van der Waals surface area (Å²) in [5.41, 5.74) is 1.89. The number of hydrogen-bond donors (Lipinski definition) is 1. The molecule has 0 unspecified atom stereocenters. The molecule has 2 aliphatic heterocycles. The maximum Gasteiger partial charge on any atom is 0.355 e. The minimum absolute atomic E-state index is 0.0696. The van der Waals surface area contributed by atoms with E-state index in [-0.39, 0.29) is 40.6 Å². The van der Waals surface area contributed by atoms with Crippen LogP contribution in [0.15, 0.2) is 54.0 Å². The summed E-state index contributed by atoms with van der Waals surface area (Å²) in [4.78, 5) is 43.8. The first kappa shape index (κ1) is 28.4. The second-order valence-electron chi connectivity index (χ2n) is 11.3. The molecule has 0 radical (unpaired) electrons. The number of fused-ring (bicyclic) bond motifs is 5. The number of nitrogens with zero attached hydrogens (tertiary/aromatic N) is 6. The van der Waals surface area contributed by atoms with E-state index in [1.54, 1.807) is 29.3 Å². The largest absolute Gasteiger partial charge is 0.383 e. The van der Waals surface area contributed by atoms with Crippen LogP contribution in [0.25, 0.3) is 28.0 Å². The second kappa shape index (κ2) is 11.2. The summed E-state index contributed by atoms with van der Waals surface area (Å²) in [6.07, 6.45) is 4.10. The van der Waals surface area contributed by atoms with Gasteiger partial charge in [-0.2, -0.15) is 4.98 Å². The Kier molecular flexibility index (Phi) is 7.41. The van der Waals surface area contributed by atoms with E-state index in [4.69, 9.17) is 4.98 Å². The van der Waals surface area contributed by atoms with Crippen molar-refractivity contribution in [2.75, 3.05) is 36.4 Å². The van der Waals surface area contributed by atoms with E-state index < -0.39 is 17.3 Å². The number of piperazine rings is 1. The summed E-state index contributed by atoms with van der Waals surface area (Å²) in [6, 6.07) is 7.54. The summed E-state index contributed by atoms with van der Waals surface area (Å²) >= 11 is 0. The number of amides is 1. The van der Waals surface area contributed by atoms with Crippen molar-refractivity contribution in [2.24, 2.45) is 0 Å². The van der Waals surface area contributed by atoms with E-state index in [1.165, 1.54) is 22.8 Å². The highest BCUT2D eigenvalue weighted by Crippen LogP contribution is 2.36. The Morgan fingerprint density at radius 3 is 2.72 bits per heavy atom. The Bertz CT molecular complexity index is 1820. The Morgan fingerprint density at radius 2 is 1.98 bits per heavy atom. The van der Waals surface area contributed by atoms with Crippen LogP contribution in [0.4, 0.5) is 20.3 Å². The van der Waals surface area contributed by atoms with Gasteiger partial charge >= 0.3 is 5.69 Å². The molecule has 1 atom stereocenters. The van der Waals surface area contributed by atoms with Gasteiger partial charge in [0, 0.05) is 44.0 Å². The Balaban J connectivity index is 1.68. The van der Waals surface area contributed by atoms with Crippen LogP contribution in [-0.2, 0) is 11.2 Å². The average molecular weight is 586 g/mol. The first-order valence-electron chi connectivity index (χ1n) is 14.5. The molecule has 1 saturated heterocycles. The zero-order chi connectivity index (χ0) is 30.4. The molecule has 0 spiro atoms. The monoisotopic (exact) mass is 585 g/mol. The first-order chi connectivity index (χ1) is 20.7. The molecule has 4 aromatic rings. The molecule has 5 heterocycles. The summed E-state index contributed by atoms with van der Waals surface area (Å²) < 4.78 is 32.9. The third-order valence-electron chi connectivity index (χ3n) is 8.19. The van der Waals surface area contributed by atoms with Gasteiger partial charge < -0.3 is 15.1 Å². The number of carbonyl (C=O) groups is 1. The Labute approximate surface area is 247 Å². The zero-order valence-electron chi connectivity index (χ0n) is 24.4. The molecule has 1 N–H and O–H groups in total. The quantitative estimate of drug-likeness (QED) is 0.344. The number of anilines is 2. The highest BCUT2D eigenvalue weighted by atomic mass is 19.1. The molecule has 2 bridgehead atoms. The van der Waals surface area contributed by atoms with Crippen molar-refractivity contribution in [3.05, 3.63) is 82.6 Å². The number of carbonyl (C=O) groups excluding carboxylic acids is 1. The summed E-state index contributed by atoms with van der Waals surface area (Å²) in [5.74, 6) is -1.29. The van der Waals surface area contributed by atoms with E-state index in [2.05, 4.69) is 21.9 Å². The second-order valence-corrected chi connectivity index (χ2v) is 11.3. The first-order valence-corrected chi connectivity index (χ1v) is 14.5. The number of pyridine rings is 2. The van der Waals surface area contributed by atoms with Gasteiger partial charge in [0.1, 0.15) is 23.1 Å². The molecule has 0 aliphatic carbocycles. The van der Waals surface area contributed by atoms with Gasteiger partial charge in [-0.05, 0) is 55.5 Å². The van der Waals surface area contributed by atoms with Gasteiger partial charge in [-0.3, -0.25) is 9.78 Å². The van der Waals surface area contributed by atoms with Crippen LogP contribution in [0.3, 0.4) is 0 Å². The van der Waals surface area contributed by atoms with Crippen molar-refractivity contribution in [1.82, 2.24) is 24.4 Å². The van der Waals surface area contributed by atoms with Gasteiger partial charge in [0.15, 0.2) is 5.65 Å². The van der Waals surface area contributed by atoms with Crippen molar-refractivity contribution in [3.63, 3.8) is 0 Å². The van der Waals surface area contributed by atoms with Gasteiger partial charge in [0.2, 0.25) is 5.91 Å². The van der Waals surface area contributed by atoms with E-state index in [9.17, 15) is 9.59 Å². The molecule has 11 heteroatoms. The van der Waals surface area contributed by atoms with Gasteiger partial charge in [-0.15, -0.1) is 0 Å². The van der Waals surface area contributed by atoms with Crippen molar-refractivity contribution >= 4 is 28.4 Å². The van der Waals surface area contributed by atoms with Crippen LogP contribution in [0, 0.1) is 11.6 Å². The van der Waals surface area contributed by atoms with E-state index in [0.29, 0.717) is 67.0 Å². The SMILES string of the molecule is C=CC(=O)N1CCN(c2nc(=O)n3c4nc(c(F)cc24)-c2c(F)cccc2CCCNc2ccnc(C(C)C)c2-3)[C@H](C)C1. The molecule has 1 fully saturated rings. The number of halogens is 2. The van der Waals surface area contributed by atoms with Crippen molar-refractivity contribution in [2.45, 2.75) is 45.6 Å². The molecule has 222 valence electrons. The summed E-state index contributed by atoms with van der Waals surface area (Å²) in [5, 5.41) is 3.74. The van der Waals surface area contributed by atoms with E-state index in [1.807, 2.05) is 25.7 Å². The fourth-order valence-corrected chi connectivity index (χ4v) is 6.12. The number of aromatic nitrogens is 4. The molecule has 6 rings (SSSR count). The smallest absolute Gasteiger partial charge is 0.355 e. The van der Waals surface area contributed by atoms with Crippen LogP contribution in [0.2, 0.25) is 0 Å². The number of nitrogens with one attached hydrogen (secondary N) is 1. The maximum absolute atomic E-state index is 16.1. The normalized spacial score (nSPS) is 16.7. The number of aryl methyl sites for hydroxylation is 1. The lowest BCUT2D eigenvalue weighted by molar-refractivity contribution is -0.126. The Hall–Kier alpha value is -4.67. The molecule has 2 aliphatic rings. The molecule has 1 aromatic carbocycles. The van der Waals surface area contributed by atoms with Crippen molar-refractivity contribution in [1.29, 1.82) is 0 Å². The third kappa shape index (κ3) is 4.92. The minimum Gasteiger partial charge on any atom is -0.383 e. The third-order valence-corrected chi connectivity index (χ3v) is 8.19. The summed E-state index contributed by atoms with van der Waals surface area (Å²) in [6.45, 7) is 11.1. The highest BCUT2D eigenvalue weighted by Gasteiger charge is 2.31. The highest BCUT2D eigenvalue weighted by molar-refractivity contribution is 5.92. The lowest BCUT2D eigenvalue weighted by Gasteiger charge is -2.40. The number of benzene rings is 1. The molecule has 0 saturated carbocycles. The zero-order valence-corrected chi connectivity index (χ0v) is 24.4. The lowest BCUT2D eigenvalue weighted by atomic mass is 9.98. The molecular weight excluding hydrogens is 552 g/mol. The van der Waals surface area contributed by atoms with Crippen LogP contribution in [0.1, 0.15) is 44.4 Å². The van der Waals surface area contributed by atoms with Crippen LogP contribution in [-0.4, -0.2) is 62.5 Å². The fourth-order valence-electron chi connectivity index (χ4n) is 6.12. The molecule has 43 heavy (non-hydrogen) atoms. The topological polar surface area (TPSA) is 96.3 Å². The molecule has 3 aromatic heterocycles. The standard InChI is InChI=1S/C32H33F2N7O2/c1-5-25(42)39-14-15-40(19(4)17-39)30-21-16-23(34)28-26-20(8-6-10-22(26)33)9-7-12-35-24-11-13-36-27(18(2)3)29(24)41(31(21)37-28)32(43)38-30/h5-6,8,10-11,13,16,18-19,35H,1,7,9,12,14-15,17H2,2-4H3/t19-/m1/s1. The van der Waals surface area contributed by atoms with Crippen LogP contribution in [0.5, 0.6) is 0 Å². The van der Waals surface area contributed by atoms with Crippen LogP contribution >= 0.6 is 0 Å². The Morgan fingerprint density at radius 1 is 1.16 bits per heavy atom. The maximum atomic E-state index is 16.1. The predicted octanol–water partition coefficient (Wildman–Crippen LogP) is 4.83. The molecule has 9 nitrogen and oxygen atoms in total. The number of rotatable bonds is 3. The average Bonchev–Trinajstić information content (AvgIpc) is 2.98. The lowest BCUT2D eigenvalue weighted by Crippen LogP contribution is -2.54. The van der Waals surface area contributed by atoms with Crippen molar-refractivity contribution < 1.29 is 13.6 Å². The van der Waals surface area contributed by atoms with Gasteiger partial charge in [0.25, 0.3) is 0 Å². The van der Waals surface area contributed by atoms with Crippen LogP contribution < -0.4 is 15.9 Å². The van der Waals surface area contributed by atoms with Gasteiger partial charge in [-0.25, -0.2) is 23.1 Å². The fraction of sp³-hybridized carbons (Fsp3) is 0.344. The van der Waals surface area contributed by atoms with E-state index in [0.717, 1.165) is 0 Å². The van der Waals surface area contributed by atoms with Gasteiger partial charge in [0.05, 0.1) is 22.5 Å². The molecular formula is C32H33F2N7O2. The van der Waals surface area contributed by atoms with Crippen molar-refractivity contribution in [3.8, 4) is 16.9 Å². The van der Waals surface area contributed by atoms with Gasteiger partial charge in [-0.1, -0.05) is 32.6 Å². The minimum atomic E-state index is -0.717. The predicted molar refractivity (Wildman–Crippen MR) is 163 cm³/mol.